The Morgan fingerprint density at radius 3 is 2.00 bits per heavy atom. The van der Waals surface area contributed by atoms with E-state index in [-0.39, 0.29) is 6.10 Å². The van der Waals surface area contributed by atoms with Gasteiger partial charge in [-0.2, -0.15) is 0 Å². The van der Waals surface area contributed by atoms with Crippen LogP contribution in [0.4, 0.5) is 0 Å². The molecule has 1 fully saturated rings. The van der Waals surface area contributed by atoms with E-state index in [1.165, 1.54) is 51.6 Å². The Bertz CT molecular complexity index is 126. The molecule has 0 radical (unpaired) electrons. The van der Waals surface area contributed by atoms with Gasteiger partial charge in [-0.3, -0.25) is 0 Å². The lowest BCUT2D eigenvalue weighted by molar-refractivity contribution is 0.155. The first-order valence-electron chi connectivity index (χ1n) is 6.19. The fourth-order valence-corrected chi connectivity index (χ4v) is 2.08. The summed E-state index contributed by atoms with van der Waals surface area (Å²) >= 11 is 0. The fraction of sp³-hybridized carbons (Fsp3) is 1.00. The first-order chi connectivity index (χ1) is 6.79. The van der Waals surface area contributed by atoms with Crippen LogP contribution in [0.5, 0.6) is 0 Å². The summed E-state index contributed by atoms with van der Waals surface area (Å²) in [5.74, 6) is 0. The van der Waals surface area contributed by atoms with Crippen LogP contribution in [-0.4, -0.2) is 35.7 Å². The molecule has 0 aromatic rings. The second-order valence-electron chi connectivity index (χ2n) is 4.60. The molecule has 1 heterocycles. The predicted octanol–water partition coefficient (Wildman–Crippen LogP) is 2.41. The first kappa shape index (κ1) is 12.0. The molecule has 2 heteroatoms. The van der Waals surface area contributed by atoms with E-state index in [9.17, 15) is 5.11 Å². The van der Waals surface area contributed by atoms with E-state index in [0.717, 1.165) is 13.0 Å². The monoisotopic (exact) mass is 199 g/mol. The zero-order valence-corrected chi connectivity index (χ0v) is 9.54. The molecule has 0 aromatic heterocycles. The first-order valence-corrected chi connectivity index (χ1v) is 6.19. The minimum atomic E-state index is -0.136. The molecule has 1 rings (SSSR count). The predicted molar refractivity (Wildman–Crippen MR) is 60.4 cm³/mol. The highest BCUT2D eigenvalue weighted by molar-refractivity contribution is 4.63. The fourth-order valence-electron chi connectivity index (χ4n) is 2.08. The highest BCUT2D eigenvalue weighted by Gasteiger charge is 2.07. The molecule has 0 spiro atoms. The number of hydrogen-bond donors (Lipinski definition) is 1. The van der Waals surface area contributed by atoms with Crippen LogP contribution in [0.2, 0.25) is 0 Å². The average Bonchev–Trinajstić information content (AvgIpc) is 2.27. The molecule has 1 aliphatic rings. The summed E-state index contributed by atoms with van der Waals surface area (Å²) in [5, 5.41) is 9.24. The molecule has 0 aliphatic carbocycles. The Hall–Kier alpha value is -0.0800. The van der Waals surface area contributed by atoms with Crippen molar-refractivity contribution in [3.8, 4) is 0 Å². The summed E-state index contributed by atoms with van der Waals surface area (Å²) in [5.41, 5.74) is 0. The lowest BCUT2D eigenvalue weighted by atomic mass is 10.1. The van der Waals surface area contributed by atoms with Crippen LogP contribution < -0.4 is 0 Å². The summed E-state index contributed by atoms with van der Waals surface area (Å²) in [6.07, 6.45) is 9.12. The van der Waals surface area contributed by atoms with E-state index >= 15 is 0 Å². The molecule has 0 bridgehead atoms. The van der Waals surface area contributed by atoms with Gasteiger partial charge in [0, 0.05) is 6.54 Å². The maximum atomic E-state index is 9.24. The molecule has 2 nitrogen and oxygen atoms in total. The molecule has 0 saturated carbocycles. The Morgan fingerprint density at radius 2 is 1.50 bits per heavy atom. The van der Waals surface area contributed by atoms with Crippen LogP contribution in [0.25, 0.3) is 0 Å². The Kier molecular flexibility index (Phi) is 6.20. The van der Waals surface area contributed by atoms with Crippen molar-refractivity contribution in [2.75, 3.05) is 19.6 Å². The summed E-state index contributed by atoms with van der Waals surface area (Å²) in [4.78, 5) is 2.53. The lowest BCUT2D eigenvalue weighted by Gasteiger charge is -2.21. The zero-order valence-electron chi connectivity index (χ0n) is 9.54. The third-order valence-electron chi connectivity index (χ3n) is 3.06. The van der Waals surface area contributed by atoms with E-state index in [4.69, 9.17) is 0 Å². The zero-order chi connectivity index (χ0) is 10.2. The number of aliphatic hydroxyl groups is 1. The summed E-state index contributed by atoms with van der Waals surface area (Å²) < 4.78 is 0. The molecule has 1 unspecified atom stereocenters. The Labute approximate surface area is 88.3 Å². The van der Waals surface area contributed by atoms with E-state index in [0.29, 0.717) is 0 Å². The van der Waals surface area contributed by atoms with Crippen molar-refractivity contribution in [2.24, 2.45) is 0 Å². The van der Waals surface area contributed by atoms with Crippen molar-refractivity contribution in [2.45, 2.75) is 58.0 Å². The van der Waals surface area contributed by atoms with Gasteiger partial charge in [0.05, 0.1) is 6.10 Å². The van der Waals surface area contributed by atoms with E-state index in [1.807, 2.05) is 6.92 Å². The minimum Gasteiger partial charge on any atom is -0.393 e. The summed E-state index contributed by atoms with van der Waals surface area (Å²) in [6, 6.07) is 0. The number of rotatable bonds is 3. The van der Waals surface area contributed by atoms with Crippen LogP contribution >= 0.6 is 0 Å². The topological polar surface area (TPSA) is 23.5 Å². The number of hydrogen-bond acceptors (Lipinski definition) is 2. The van der Waals surface area contributed by atoms with Gasteiger partial charge < -0.3 is 10.0 Å². The average molecular weight is 199 g/mol. The highest BCUT2D eigenvalue weighted by atomic mass is 16.3. The second kappa shape index (κ2) is 7.24. The van der Waals surface area contributed by atoms with Gasteiger partial charge in [-0.1, -0.05) is 25.7 Å². The highest BCUT2D eigenvalue weighted by Crippen LogP contribution is 2.11. The number of nitrogens with zero attached hydrogens (tertiary/aromatic N) is 1. The molecule has 84 valence electrons. The van der Waals surface area contributed by atoms with Gasteiger partial charge in [0.25, 0.3) is 0 Å². The van der Waals surface area contributed by atoms with Gasteiger partial charge >= 0.3 is 0 Å². The largest absolute Gasteiger partial charge is 0.393 e. The molecule has 14 heavy (non-hydrogen) atoms. The summed E-state index contributed by atoms with van der Waals surface area (Å²) in [6.45, 7) is 5.45. The van der Waals surface area contributed by atoms with Gasteiger partial charge in [0.2, 0.25) is 0 Å². The second-order valence-corrected chi connectivity index (χ2v) is 4.60. The molecular weight excluding hydrogens is 174 g/mol. The normalized spacial score (nSPS) is 23.6. The third-order valence-corrected chi connectivity index (χ3v) is 3.06. The minimum absolute atomic E-state index is 0.136. The van der Waals surface area contributed by atoms with Gasteiger partial charge in [-0.25, -0.2) is 0 Å². The van der Waals surface area contributed by atoms with Gasteiger partial charge in [-0.05, 0) is 39.3 Å². The molecule has 1 N–H and O–H groups in total. The van der Waals surface area contributed by atoms with Crippen LogP contribution in [-0.2, 0) is 0 Å². The molecule has 0 amide bonds. The van der Waals surface area contributed by atoms with E-state index in [1.54, 1.807) is 0 Å². The standard InChI is InChI=1S/C12H25NO/c1-12(14)8-11-13-9-6-4-2-3-5-7-10-13/h12,14H,2-11H2,1H3. The number of aliphatic hydroxyl groups excluding tert-OH is 1. The van der Waals surface area contributed by atoms with Crippen molar-refractivity contribution in [1.82, 2.24) is 4.90 Å². The van der Waals surface area contributed by atoms with E-state index < -0.39 is 0 Å². The smallest absolute Gasteiger partial charge is 0.0524 e. The SMILES string of the molecule is CC(O)CCN1CCCCCCCC1. The maximum absolute atomic E-state index is 9.24. The van der Waals surface area contributed by atoms with Gasteiger partial charge in [0.1, 0.15) is 0 Å². The van der Waals surface area contributed by atoms with Gasteiger partial charge in [0.15, 0.2) is 0 Å². The van der Waals surface area contributed by atoms with Crippen molar-refractivity contribution < 1.29 is 5.11 Å². The van der Waals surface area contributed by atoms with Crippen molar-refractivity contribution >= 4 is 0 Å². The van der Waals surface area contributed by atoms with Crippen LogP contribution in [0.1, 0.15) is 51.9 Å². The van der Waals surface area contributed by atoms with Crippen molar-refractivity contribution in [3.05, 3.63) is 0 Å². The molecule has 0 aromatic carbocycles. The van der Waals surface area contributed by atoms with Crippen LogP contribution in [0.15, 0.2) is 0 Å². The van der Waals surface area contributed by atoms with Crippen molar-refractivity contribution in [1.29, 1.82) is 0 Å². The molecule has 1 aliphatic heterocycles. The lowest BCUT2D eigenvalue weighted by Crippen LogP contribution is -2.28. The quantitative estimate of drug-likeness (QED) is 0.754. The third kappa shape index (κ3) is 5.61. The van der Waals surface area contributed by atoms with Crippen molar-refractivity contribution in [3.63, 3.8) is 0 Å². The molecule has 1 atom stereocenters. The Balaban J connectivity index is 2.18. The van der Waals surface area contributed by atoms with Crippen LogP contribution in [0, 0.1) is 0 Å². The Morgan fingerprint density at radius 1 is 1.00 bits per heavy atom. The maximum Gasteiger partial charge on any atom is 0.0524 e. The van der Waals surface area contributed by atoms with E-state index in [2.05, 4.69) is 4.90 Å². The van der Waals surface area contributed by atoms with Gasteiger partial charge in [-0.15, -0.1) is 0 Å². The van der Waals surface area contributed by atoms with Crippen LogP contribution in [0.3, 0.4) is 0 Å². The molecule has 1 saturated heterocycles. The molecular formula is C12H25NO. The summed E-state index contributed by atoms with van der Waals surface area (Å²) in [7, 11) is 0.